The van der Waals surface area contributed by atoms with E-state index in [2.05, 4.69) is 35.4 Å². The third-order valence-corrected chi connectivity index (χ3v) is 5.60. The van der Waals surface area contributed by atoms with Crippen molar-refractivity contribution in [2.75, 3.05) is 28.6 Å². The van der Waals surface area contributed by atoms with Gasteiger partial charge in [0.25, 0.3) is 0 Å². The number of nitrogens with one attached hydrogen (secondary N) is 2. The molecule has 0 saturated heterocycles. The van der Waals surface area contributed by atoms with Crippen LogP contribution in [-0.2, 0) is 9.59 Å². The van der Waals surface area contributed by atoms with E-state index in [0.29, 0.717) is 12.8 Å². The molecule has 28 heavy (non-hydrogen) atoms. The van der Waals surface area contributed by atoms with Crippen LogP contribution in [-0.4, -0.2) is 24.9 Å². The number of amides is 2. The van der Waals surface area contributed by atoms with E-state index in [1.165, 1.54) is 0 Å². The lowest BCUT2D eigenvalue weighted by Gasteiger charge is -2.23. The third kappa shape index (κ3) is 3.88. The smallest absolute Gasteiger partial charge is 0.240 e. The molecular weight excluding hydrogens is 350 g/mol. The molecule has 0 bridgehead atoms. The monoisotopic (exact) mass is 379 g/mol. The Morgan fingerprint density at radius 3 is 1.96 bits per heavy atom. The van der Waals surface area contributed by atoms with Crippen LogP contribution in [0.25, 0.3) is 0 Å². The summed E-state index contributed by atoms with van der Waals surface area (Å²) in [6.07, 6.45) is 1.15. The molecule has 2 aromatic carbocycles. The average Bonchev–Trinajstić information content (AvgIpc) is 3.49. The Balaban J connectivity index is 1.72. The molecule has 0 atom stereocenters. The Morgan fingerprint density at radius 2 is 1.46 bits per heavy atom. The van der Waals surface area contributed by atoms with Gasteiger partial charge in [-0.2, -0.15) is 0 Å². The molecule has 5 heteroatoms. The highest BCUT2D eigenvalue weighted by atomic mass is 16.2. The minimum atomic E-state index is -0.966. The number of anilines is 3. The summed E-state index contributed by atoms with van der Waals surface area (Å²) in [7, 11) is 0. The highest BCUT2D eigenvalue weighted by Crippen LogP contribution is 2.47. The third-order valence-electron chi connectivity index (χ3n) is 5.60. The summed E-state index contributed by atoms with van der Waals surface area (Å²) in [5, 5.41) is 5.91. The Kier molecular flexibility index (Phi) is 5.73. The van der Waals surface area contributed by atoms with Crippen LogP contribution >= 0.6 is 0 Å². The average molecular weight is 380 g/mol. The number of carbonyl (C=O) groups is 2. The maximum absolute atomic E-state index is 12.9. The normalized spacial score (nSPS) is 14.3. The quantitative estimate of drug-likeness (QED) is 0.696. The lowest BCUT2D eigenvalue weighted by Crippen LogP contribution is -2.36. The van der Waals surface area contributed by atoms with Crippen LogP contribution in [0.5, 0.6) is 0 Å². The number of rotatable bonds is 7. The summed E-state index contributed by atoms with van der Waals surface area (Å²) in [5.41, 5.74) is 3.66. The van der Waals surface area contributed by atoms with E-state index in [0.717, 1.165) is 41.3 Å². The van der Waals surface area contributed by atoms with Crippen molar-refractivity contribution in [3.05, 3.63) is 53.6 Å². The Labute approximate surface area is 167 Å². The molecule has 2 aromatic rings. The summed E-state index contributed by atoms with van der Waals surface area (Å²) < 4.78 is 0. The Hall–Kier alpha value is -2.82. The molecule has 0 spiro atoms. The van der Waals surface area contributed by atoms with Crippen LogP contribution in [0.1, 0.15) is 37.8 Å². The Morgan fingerprint density at radius 1 is 0.893 bits per heavy atom. The Bertz CT molecular complexity index is 883. The zero-order chi connectivity index (χ0) is 20.3. The summed E-state index contributed by atoms with van der Waals surface area (Å²) >= 11 is 0. The minimum Gasteiger partial charge on any atom is -0.372 e. The second kappa shape index (κ2) is 8.05. The number of benzene rings is 2. The van der Waals surface area contributed by atoms with Crippen LogP contribution < -0.4 is 15.5 Å². The van der Waals surface area contributed by atoms with Crippen molar-refractivity contribution in [1.82, 2.24) is 0 Å². The lowest BCUT2D eigenvalue weighted by molar-refractivity contribution is -0.131. The fourth-order valence-corrected chi connectivity index (χ4v) is 3.45. The summed E-state index contributed by atoms with van der Waals surface area (Å²) in [5.74, 6) is -0.450. The number of para-hydroxylation sites is 1. The van der Waals surface area contributed by atoms with Gasteiger partial charge < -0.3 is 15.5 Å². The second-order valence-electron chi connectivity index (χ2n) is 7.48. The van der Waals surface area contributed by atoms with Gasteiger partial charge in [0.1, 0.15) is 5.41 Å². The van der Waals surface area contributed by atoms with Crippen molar-refractivity contribution in [3.63, 3.8) is 0 Å². The number of hydrogen-bond acceptors (Lipinski definition) is 3. The van der Waals surface area contributed by atoms with Gasteiger partial charge in [-0.1, -0.05) is 18.2 Å². The van der Waals surface area contributed by atoms with Gasteiger partial charge in [-0.25, -0.2) is 0 Å². The maximum atomic E-state index is 12.9. The zero-order valence-electron chi connectivity index (χ0n) is 17.1. The second-order valence-corrected chi connectivity index (χ2v) is 7.48. The van der Waals surface area contributed by atoms with Gasteiger partial charge in [0, 0.05) is 30.2 Å². The minimum absolute atomic E-state index is 0.225. The van der Waals surface area contributed by atoms with E-state index in [9.17, 15) is 9.59 Å². The number of hydrogen-bond donors (Lipinski definition) is 2. The van der Waals surface area contributed by atoms with E-state index in [-0.39, 0.29) is 11.8 Å². The maximum Gasteiger partial charge on any atom is 0.240 e. The number of aryl methyl sites for hydroxylation is 2. The molecule has 0 aliphatic heterocycles. The molecule has 2 amide bonds. The highest BCUT2D eigenvalue weighted by molar-refractivity contribution is 6.17. The van der Waals surface area contributed by atoms with Crippen molar-refractivity contribution < 1.29 is 9.59 Å². The number of nitrogens with zero attached hydrogens (tertiary/aromatic N) is 1. The molecule has 148 valence electrons. The van der Waals surface area contributed by atoms with Gasteiger partial charge in [-0.05, 0) is 75.9 Å². The molecule has 0 heterocycles. The summed E-state index contributed by atoms with van der Waals surface area (Å²) in [4.78, 5) is 28.0. The zero-order valence-corrected chi connectivity index (χ0v) is 17.1. The van der Waals surface area contributed by atoms with Crippen LogP contribution in [0.4, 0.5) is 17.1 Å². The molecule has 0 radical (unpaired) electrons. The van der Waals surface area contributed by atoms with E-state index in [4.69, 9.17) is 0 Å². The molecule has 0 unspecified atom stereocenters. The van der Waals surface area contributed by atoms with Crippen molar-refractivity contribution in [1.29, 1.82) is 0 Å². The fourth-order valence-electron chi connectivity index (χ4n) is 3.45. The molecule has 5 nitrogen and oxygen atoms in total. The molecule has 3 rings (SSSR count). The van der Waals surface area contributed by atoms with Gasteiger partial charge >= 0.3 is 0 Å². The fraction of sp³-hybridized carbons (Fsp3) is 0.391. The standard InChI is InChI=1S/C23H29N3O2/c1-5-26(6-2)18-11-12-20(17(4)15-18)25-22(28)23(13-14-23)21(27)24-19-10-8-7-9-16(19)3/h7-12,15H,5-6,13-14H2,1-4H3,(H,24,27)(H,25,28). The topological polar surface area (TPSA) is 61.4 Å². The molecule has 1 aliphatic rings. The van der Waals surface area contributed by atoms with Gasteiger partial charge in [0.15, 0.2) is 0 Å². The molecule has 0 aromatic heterocycles. The van der Waals surface area contributed by atoms with Crippen LogP contribution in [0, 0.1) is 19.3 Å². The van der Waals surface area contributed by atoms with E-state index in [1.807, 2.05) is 50.2 Å². The molecule has 2 N–H and O–H groups in total. The van der Waals surface area contributed by atoms with Crippen molar-refractivity contribution >= 4 is 28.9 Å². The molecular formula is C23H29N3O2. The SMILES string of the molecule is CCN(CC)c1ccc(NC(=O)C2(C(=O)Nc3ccccc3C)CC2)c(C)c1. The molecule has 1 fully saturated rings. The predicted octanol–water partition coefficient (Wildman–Crippen LogP) is 4.51. The lowest BCUT2D eigenvalue weighted by atomic mass is 10.0. The summed E-state index contributed by atoms with van der Waals surface area (Å²) in [6, 6.07) is 13.6. The van der Waals surface area contributed by atoms with E-state index in [1.54, 1.807) is 0 Å². The van der Waals surface area contributed by atoms with Crippen LogP contribution in [0.2, 0.25) is 0 Å². The number of carbonyl (C=O) groups excluding carboxylic acids is 2. The first kappa shape index (κ1) is 19.9. The van der Waals surface area contributed by atoms with Crippen LogP contribution in [0.15, 0.2) is 42.5 Å². The van der Waals surface area contributed by atoms with Crippen molar-refractivity contribution in [2.45, 2.75) is 40.5 Å². The first-order valence-electron chi connectivity index (χ1n) is 9.95. The largest absolute Gasteiger partial charge is 0.372 e. The first-order valence-corrected chi connectivity index (χ1v) is 9.95. The molecule has 1 saturated carbocycles. The van der Waals surface area contributed by atoms with Crippen molar-refractivity contribution in [2.24, 2.45) is 5.41 Å². The van der Waals surface area contributed by atoms with Gasteiger partial charge in [-0.3, -0.25) is 9.59 Å². The summed E-state index contributed by atoms with van der Waals surface area (Å²) in [6.45, 7) is 10.0. The van der Waals surface area contributed by atoms with Crippen molar-refractivity contribution in [3.8, 4) is 0 Å². The first-order chi connectivity index (χ1) is 13.4. The van der Waals surface area contributed by atoms with E-state index >= 15 is 0 Å². The van der Waals surface area contributed by atoms with E-state index < -0.39 is 5.41 Å². The predicted molar refractivity (Wildman–Crippen MR) is 115 cm³/mol. The van der Waals surface area contributed by atoms with Gasteiger partial charge in [-0.15, -0.1) is 0 Å². The molecule has 1 aliphatic carbocycles. The highest BCUT2D eigenvalue weighted by Gasteiger charge is 2.56. The van der Waals surface area contributed by atoms with Gasteiger partial charge in [0.2, 0.25) is 11.8 Å². The van der Waals surface area contributed by atoms with Crippen LogP contribution in [0.3, 0.4) is 0 Å². The van der Waals surface area contributed by atoms with Gasteiger partial charge in [0.05, 0.1) is 0 Å².